The lowest BCUT2D eigenvalue weighted by molar-refractivity contribution is 0.375. The molecular formula is C12H18N4OS. The van der Waals surface area contributed by atoms with E-state index in [4.69, 9.17) is 5.21 Å². The molecule has 0 unspecified atom stereocenters. The van der Waals surface area contributed by atoms with Crippen molar-refractivity contribution in [2.24, 2.45) is 0 Å². The first kappa shape index (κ1) is 13.2. The van der Waals surface area contributed by atoms with E-state index in [0.29, 0.717) is 18.2 Å². The summed E-state index contributed by atoms with van der Waals surface area (Å²) in [6, 6.07) is 0. The molecule has 1 aromatic heterocycles. The van der Waals surface area contributed by atoms with Crippen LogP contribution in [0.5, 0.6) is 0 Å². The molecule has 1 aliphatic heterocycles. The minimum absolute atomic E-state index is 0.491. The molecule has 2 N–H and O–H groups in total. The third kappa shape index (κ3) is 2.59. The summed E-state index contributed by atoms with van der Waals surface area (Å²) >= 11 is 1.88. The Kier molecular flexibility index (Phi) is 4.08. The van der Waals surface area contributed by atoms with Gasteiger partial charge in [-0.25, -0.2) is 9.97 Å². The van der Waals surface area contributed by atoms with Crippen LogP contribution < -0.4 is 5.48 Å². The molecular weight excluding hydrogens is 248 g/mol. The highest BCUT2D eigenvalue weighted by Crippen LogP contribution is 2.35. The van der Waals surface area contributed by atoms with Gasteiger partial charge in [0.05, 0.1) is 5.88 Å². The molecule has 98 valence electrons. The SMILES string of the molecule is CCC1=C(C)N(Cc2cnc(C)nc2NO)CS1. The number of allylic oxidation sites excluding steroid dienone is 2. The van der Waals surface area contributed by atoms with Crippen molar-refractivity contribution in [3.8, 4) is 0 Å². The monoisotopic (exact) mass is 266 g/mol. The van der Waals surface area contributed by atoms with E-state index in [1.165, 1.54) is 10.6 Å². The molecule has 1 aromatic rings. The molecule has 0 fully saturated rings. The maximum absolute atomic E-state index is 9.10. The summed E-state index contributed by atoms with van der Waals surface area (Å²) in [7, 11) is 0. The number of thioether (sulfide) groups is 1. The lowest BCUT2D eigenvalue weighted by atomic mass is 10.2. The molecule has 0 atom stereocenters. The number of hydrogen-bond donors (Lipinski definition) is 2. The van der Waals surface area contributed by atoms with Gasteiger partial charge in [0.2, 0.25) is 0 Å². The zero-order chi connectivity index (χ0) is 13.1. The van der Waals surface area contributed by atoms with Crippen molar-refractivity contribution in [1.29, 1.82) is 0 Å². The molecule has 0 spiro atoms. The van der Waals surface area contributed by atoms with Gasteiger partial charge in [0.15, 0.2) is 5.82 Å². The number of nitrogens with one attached hydrogen (secondary N) is 1. The van der Waals surface area contributed by atoms with Gasteiger partial charge in [0.1, 0.15) is 5.82 Å². The molecule has 0 bridgehead atoms. The van der Waals surface area contributed by atoms with Gasteiger partial charge in [0, 0.05) is 28.9 Å². The average molecular weight is 266 g/mol. The van der Waals surface area contributed by atoms with E-state index >= 15 is 0 Å². The van der Waals surface area contributed by atoms with Crippen molar-refractivity contribution in [2.45, 2.75) is 33.7 Å². The fraction of sp³-hybridized carbons (Fsp3) is 0.500. The highest BCUT2D eigenvalue weighted by molar-refractivity contribution is 8.03. The maximum atomic E-state index is 9.10. The Hall–Kier alpha value is -1.27. The summed E-state index contributed by atoms with van der Waals surface area (Å²) < 4.78 is 0. The summed E-state index contributed by atoms with van der Waals surface area (Å²) in [6.45, 7) is 6.83. The van der Waals surface area contributed by atoms with Crippen LogP contribution in [-0.4, -0.2) is 26.0 Å². The first-order chi connectivity index (χ1) is 8.65. The Morgan fingerprint density at radius 3 is 2.89 bits per heavy atom. The van der Waals surface area contributed by atoms with Crippen molar-refractivity contribution < 1.29 is 5.21 Å². The third-order valence-corrected chi connectivity index (χ3v) is 4.42. The van der Waals surface area contributed by atoms with Crippen LogP contribution in [-0.2, 0) is 6.54 Å². The maximum Gasteiger partial charge on any atom is 0.158 e. The fourth-order valence-electron chi connectivity index (χ4n) is 1.97. The van der Waals surface area contributed by atoms with Crippen LogP contribution in [0.2, 0.25) is 0 Å². The second-order valence-electron chi connectivity index (χ2n) is 4.24. The lowest BCUT2D eigenvalue weighted by Gasteiger charge is -2.20. The molecule has 2 heterocycles. The molecule has 2 rings (SSSR count). The Morgan fingerprint density at radius 2 is 2.28 bits per heavy atom. The van der Waals surface area contributed by atoms with E-state index in [9.17, 15) is 0 Å². The molecule has 0 aromatic carbocycles. The predicted octanol–water partition coefficient (Wildman–Crippen LogP) is 2.73. The van der Waals surface area contributed by atoms with Gasteiger partial charge < -0.3 is 4.90 Å². The van der Waals surface area contributed by atoms with E-state index in [1.54, 1.807) is 13.1 Å². The van der Waals surface area contributed by atoms with Gasteiger partial charge in [-0.3, -0.25) is 10.7 Å². The van der Waals surface area contributed by atoms with Crippen molar-refractivity contribution >= 4 is 17.6 Å². The quantitative estimate of drug-likeness (QED) is 0.817. The summed E-state index contributed by atoms with van der Waals surface area (Å²) in [5.74, 6) is 2.09. The van der Waals surface area contributed by atoms with Crippen LogP contribution in [0.25, 0.3) is 0 Å². The Bertz CT molecular complexity index is 475. The predicted molar refractivity (Wildman–Crippen MR) is 73.2 cm³/mol. The number of rotatable bonds is 4. The minimum atomic E-state index is 0.491. The van der Waals surface area contributed by atoms with Crippen LogP contribution in [0.1, 0.15) is 31.7 Å². The van der Waals surface area contributed by atoms with Gasteiger partial charge in [-0.2, -0.15) is 0 Å². The molecule has 0 aliphatic carbocycles. The smallest absolute Gasteiger partial charge is 0.158 e. The number of hydrogen-bond acceptors (Lipinski definition) is 6. The van der Waals surface area contributed by atoms with Crippen molar-refractivity contribution in [1.82, 2.24) is 14.9 Å². The molecule has 5 nitrogen and oxygen atoms in total. The van der Waals surface area contributed by atoms with Crippen molar-refractivity contribution in [3.05, 3.63) is 28.2 Å². The van der Waals surface area contributed by atoms with Crippen LogP contribution in [0.15, 0.2) is 16.8 Å². The number of aryl methyl sites for hydroxylation is 1. The lowest BCUT2D eigenvalue weighted by Crippen LogP contribution is -2.18. The summed E-state index contributed by atoms with van der Waals surface area (Å²) in [6.07, 6.45) is 2.84. The molecule has 0 radical (unpaired) electrons. The van der Waals surface area contributed by atoms with Crippen LogP contribution in [0.4, 0.5) is 5.82 Å². The molecule has 1 aliphatic rings. The Balaban J connectivity index is 2.18. The van der Waals surface area contributed by atoms with E-state index < -0.39 is 0 Å². The van der Waals surface area contributed by atoms with E-state index in [-0.39, 0.29) is 0 Å². The Labute approximate surface area is 111 Å². The zero-order valence-electron chi connectivity index (χ0n) is 10.9. The van der Waals surface area contributed by atoms with E-state index in [1.807, 2.05) is 11.8 Å². The first-order valence-corrected chi connectivity index (χ1v) is 6.94. The second kappa shape index (κ2) is 5.58. The van der Waals surface area contributed by atoms with E-state index in [0.717, 1.165) is 17.9 Å². The second-order valence-corrected chi connectivity index (χ2v) is 5.28. The molecule has 6 heteroatoms. The number of anilines is 1. The van der Waals surface area contributed by atoms with Gasteiger partial charge in [-0.1, -0.05) is 6.92 Å². The molecule has 0 saturated carbocycles. The third-order valence-electron chi connectivity index (χ3n) is 3.05. The topological polar surface area (TPSA) is 61.3 Å². The van der Waals surface area contributed by atoms with Gasteiger partial charge in [0.25, 0.3) is 0 Å². The normalized spacial score (nSPS) is 15.4. The standard InChI is InChI=1S/C12H18N4OS/c1-4-11-8(2)16(7-18-11)6-10-5-13-9(3)14-12(10)15-17/h5,17H,4,6-7H2,1-3H3,(H,13,14,15). The van der Waals surface area contributed by atoms with Crippen LogP contribution in [0, 0.1) is 6.92 Å². The Morgan fingerprint density at radius 1 is 1.50 bits per heavy atom. The number of aromatic nitrogens is 2. The van der Waals surface area contributed by atoms with Gasteiger partial charge >= 0.3 is 0 Å². The fourth-order valence-corrected chi connectivity index (χ4v) is 3.11. The summed E-state index contributed by atoms with van der Waals surface area (Å²) in [4.78, 5) is 12.1. The zero-order valence-corrected chi connectivity index (χ0v) is 11.7. The van der Waals surface area contributed by atoms with Crippen LogP contribution >= 0.6 is 11.8 Å². The summed E-state index contributed by atoms with van der Waals surface area (Å²) in [5.41, 5.74) is 4.36. The average Bonchev–Trinajstić information content (AvgIpc) is 2.72. The molecule has 0 saturated heterocycles. The van der Waals surface area contributed by atoms with E-state index in [2.05, 4.69) is 34.2 Å². The number of nitrogens with zero attached hydrogens (tertiary/aromatic N) is 3. The minimum Gasteiger partial charge on any atom is -0.360 e. The van der Waals surface area contributed by atoms with Gasteiger partial charge in [-0.05, 0) is 20.3 Å². The molecule has 18 heavy (non-hydrogen) atoms. The van der Waals surface area contributed by atoms with Crippen molar-refractivity contribution in [3.63, 3.8) is 0 Å². The summed E-state index contributed by atoms with van der Waals surface area (Å²) in [5, 5.41) is 9.10. The molecule has 0 amide bonds. The van der Waals surface area contributed by atoms with Crippen molar-refractivity contribution in [2.75, 3.05) is 11.4 Å². The highest BCUT2D eigenvalue weighted by atomic mass is 32.2. The first-order valence-electron chi connectivity index (χ1n) is 5.95. The van der Waals surface area contributed by atoms with Gasteiger partial charge in [-0.15, -0.1) is 11.8 Å². The van der Waals surface area contributed by atoms with Crippen LogP contribution in [0.3, 0.4) is 0 Å². The largest absolute Gasteiger partial charge is 0.360 e. The highest BCUT2D eigenvalue weighted by Gasteiger charge is 2.20.